The van der Waals surface area contributed by atoms with Crippen molar-refractivity contribution in [1.29, 1.82) is 0 Å². The first kappa shape index (κ1) is 11.8. The quantitative estimate of drug-likeness (QED) is 0.734. The van der Waals surface area contributed by atoms with E-state index in [1.54, 1.807) is 6.20 Å². The highest BCUT2D eigenvalue weighted by atomic mass is 16.3. The number of hydrogen-bond acceptors (Lipinski definition) is 3. The Morgan fingerprint density at radius 1 is 1.18 bits per heavy atom. The van der Waals surface area contributed by atoms with Crippen molar-refractivity contribution in [3.63, 3.8) is 0 Å². The van der Waals surface area contributed by atoms with Gasteiger partial charge in [0.25, 0.3) is 0 Å². The van der Waals surface area contributed by atoms with E-state index in [2.05, 4.69) is 10.4 Å². The molecule has 1 aromatic heterocycles. The van der Waals surface area contributed by atoms with Crippen LogP contribution in [0.4, 0.5) is 0 Å². The standard InChI is InChI=1S/C13H17N3O/c17-11-13-4-2-12(3-5-13)10-14-7-9-16-8-1-6-15-16/h1-6,8,14,17H,7,9-11H2. The van der Waals surface area contributed by atoms with Gasteiger partial charge >= 0.3 is 0 Å². The summed E-state index contributed by atoms with van der Waals surface area (Å²) in [5, 5.41) is 16.4. The van der Waals surface area contributed by atoms with Crippen LogP contribution >= 0.6 is 0 Å². The Hall–Kier alpha value is -1.65. The molecule has 0 aliphatic heterocycles. The second kappa shape index (κ2) is 6.18. The molecule has 0 atom stereocenters. The molecule has 1 aromatic carbocycles. The van der Waals surface area contributed by atoms with Crippen LogP contribution in [0.25, 0.3) is 0 Å². The first-order chi connectivity index (χ1) is 8.38. The summed E-state index contributed by atoms with van der Waals surface area (Å²) in [7, 11) is 0. The van der Waals surface area contributed by atoms with Gasteiger partial charge in [-0.2, -0.15) is 5.10 Å². The third-order valence-electron chi connectivity index (χ3n) is 2.61. The number of nitrogens with zero attached hydrogens (tertiary/aromatic N) is 2. The second-order valence-corrected chi connectivity index (χ2v) is 3.92. The van der Waals surface area contributed by atoms with Crippen LogP contribution in [-0.4, -0.2) is 21.4 Å². The largest absolute Gasteiger partial charge is 0.392 e. The lowest BCUT2D eigenvalue weighted by Crippen LogP contribution is -2.19. The summed E-state index contributed by atoms with van der Waals surface area (Å²) < 4.78 is 1.90. The summed E-state index contributed by atoms with van der Waals surface area (Å²) in [4.78, 5) is 0. The van der Waals surface area contributed by atoms with E-state index in [0.29, 0.717) is 0 Å². The van der Waals surface area contributed by atoms with Crippen molar-refractivity contribution in [2.45, 2.75) is 19.7 Å². The predicted octanol–water partition coefficient (Wildman–Crippen LogP) is 1.17. The van der Waals surface area contributed by atoms with E-state index in [1.165, 1.54) is 5.56 Å². The maximum atomic E-state index is 8.92. The van der Waals surface area contributed by atoms with Gasteiger partial charge in [-0.05, 0) is 17.2 Å². The molecule has 0 radical (unpaired) electrons. The van der Waals surface area contributed by atoms with E-state index in [1.807, 2.05) is 41.2 Å². The average molecular weight is 231 g/mol. The van der Waals surface area contributed by atoms with E-state index >= 15 is 0 Å². The molecule has 0 aliphatic carbocycles. The molecule has 2 rings (SSSR count). The Balaban J connectivity index is 1.70. The number of benzene rings is 1. The number of aliphatic hydroxyl groups excluding tert-OH is 1. The van der Waals surface area contributed by atoms with Crippen molar-refractivity contribution < 1.29 is 5.11 Å². The lowest BCUT2D eigenvalue weighted by molar-refractivity contribution is 0.282. The van der Waals surface area contributed by atoms with Crippen molar-refractivity contribution in [2.24, 2.45) is 0 Å². The molecule has 0 spiro atoms. The van der Waals surface area contributed by atoms with E-state index in [9.17, 15) is 0 Å². The number of aromatic nitrogens is 2. The van der Waals surface area contributed by atoms with Crippen LogP contribution in [0.15, 0.2) is 42.7 Å². The molecule has 4 nitrogen and oxygen atoms in total. The summed E-state index contributed by atoms with van der Waals surface area (Å²) in [5.74, 6) is 0. The molecular weight excluding hydrogens is 214 g/mol. The van der Waals surface area contributed by atoms with Crippen LogP contribution in [0.5, 0.6) is 0 Å². The fraction of sp³-hybridized carbons (Fsp3) is 0.308. The van der Waals surface area contributed by atoms with Crippen molar-refractivity contribution in [2.75, 3.05) is 6.54 Å². The molecule has 1 heterocycles. The van der Waals surface area contributed by atoms with Gasteiger partial charge in [0.2, 0.25) is 0 Å². The van der Waals surface area contributed by atoms with Gasteiger partial charge in [-0.25, -0.2) is 0 Å². The van der Waals surface area contributed by atoms with Gasteiger partial charge in [-0.3, -0.25) is 4.68 Å². The monoisotopic (exact) mass is 231 g/mol. The van der Waals surface area contributed by atoms with E-state index < -0.39 is 0 Å². The zero-order chi connectivity index (χ0) is 11.9. The van der Waals surface area contributed by atoms with Crippen LogP contribution in [0.3, 0.4) is 0 Å². The fourth-order valence-electron chi connectivity index (χ4n) is 1.62. The van der Waals surface area contributed by atoms with Crippen LogP contribution in [0.2, 0.25) is 0 Å². The van der Waals surface area contributed by atoms with Crippen molar-refractivity contribution >= 4 is 0 Å². The highest BCUT2D eigenvalue weighted by Crippen LogP contribution is 2.03. The van der Waals surface area contributed by atoms with E-state index in [0.717, 1.165) is 25.2 Å². The number of nitrogens with one attached hydrogen (secondary N) is 1. The molecule has 4 heteroatoms. The molecule has 0 saturated carbocycles. The number of rotatable bonds is 6. The topological polar surface area (TPSA) is 50.1 Å². The van der Waals surface area contributed by atoms with Crippen LogP contribution in [0, 0.1) is 0 Å². The summed E-state index contributed by atoms with van der Waals surface area (Å²) in [6.45, 7) is 2.71. The zero-order valence-electron chi connectivity index (χ0n) is 9.71. The van der Waals surface area contributed by atoms with Crippen molar-refractivity contribution in [1.82, 2.24) is 15.1 Å². The lowest BCUT2D eigenvalue weighted by atomic mass is 10.1. The molecule has 90 valence electrons. The van der Waals surface area contributed by atoms with Gasteiger partial charge < -0.3 is 10.4 Å². The number of aliphatic hydroxyl groups is 1. The molecule has 2 aromatic rings. The highest BCUT2D eigenvalue weighted by molar-refractivity contribution is 5.21. The maximum Gasteiger partial charge on any atom is 0.0681 e. The summed E-state index contributed by atoms with van der Waals surface area (Å²) in [6.07, 6.45) is 3.74. The highest BCUT2D eigenvalue weighted by Gasteiger charge is 1.94. The van der Waals surface area contributed by atoms with Crippen LogP contribution in [0.1, 0.15) is 11.1 Å². The smallest absolute Gasteiger partial charge is 0.0681 e. The summed E-state index contributed by atoms with van der Waals surface area (Å²) in [5.41, 5.74) is 2.17. The Labute approximate surface area is 101 Å². The van der Waals surface area contributed by atoms with Gasteiger partial charge in [0.05, 0.1) is 13.2 Å². The van der Waals surface area contributed by atoms with Gasteiger partial charge in [0, 0.05) is 25.5 Å². The van der Waals surface area contributed by atoms with Gasteiger partial charge in [0.1, 0.15) is 0 Å². The molecule has 2 N–H and O–H groups in total. The van der Waals surface area contributed by atoms with E-state index in [4.69, 9.17) is 5.11 Å². The minimum atomic E-state index is 0.104. The Morgan fingerprint density at radius 3 is 2.59 bits per heavy atom. The lowest BCUT2D eigenvalue weighted by Gasteiger charge is -2.05. The SMILES string of the molecule is OCc1ccc(CNCCn2cccn2)cc1. The molecule has 0 bridgehead atoms. The minimum absolute atomic E-state index is 0.104. The Morgan fingerprint density at radius 2 is 1.94 bits per heavy atom. The molecule has 0 amide bonds. The van der Waals surface area contributed by atoms with Crippen LogP contribution < -0.4 is 5.32 Å². The van der Waals surface area contributed by atoms with Crippen molar-refractivity contribution in [3.8, 4) is 0 Å². The molecule has 0 aliphatic rings. The van der Waals surface area contributed by atoms with Crippen molar-refractivity contribution in [3.05, 3.63) is 53.9 Å². The third-order valence-corrected chi connectivity index (χ3v) is 2.61. The van der Waals surface area contributed by atoms with Crippen LogP contribution in [-0.2, 0) is 19.7 Å². The summed E-state index contributed by atoms with van der Waals surface area (Å²) in [6, 6.07) is 9.89. The molecule has 0 fully saturated rings. The predicted molar refractivity (Wildman–Crippen MR) is 66.3 cm³/mol. The van der Waals surface area contributed by atoms with Gasteiger partial charge in [-0.1, -0.05) is 24.3 Å². The molecular formula is C13H17N3O. The zero-order valence-corrected chi connectivity index (χ0v) is 9.71. The molecule has 17 heavy (non-hydrogen) atoms. The molecule has 0 saturated heterocycles. The Kier molecular flexibility index (Phi) is 4.30. The minimum Gasteiger partial charge on any atom is -0.392 e. The average Bonchev–Trinajstić information content (AvgIpc) is 2.88. The fourth-order valence-corrected chi connectivity index (χ4v) is 1.62. The summed E-state index contributed by atoms with van der Waals surface area (Å²) >= 11 is 0. The Bertz CT molecular complexity index is 422. The number of hydrogen-bond donors (Lipinski definition) is 2. The maximum absolute atomic E-state index is 8.92. The third kappa shape index (κ3) is 3.69. The van der Waals surface area contributed by atoms with Gasteiger partial charge in [0.15, 0.2) is 0 Å². The normalized spacial score (nSPS) is 10.6. The van der Waals surface area contributed by atoms with E-state index in [-0.39, 0.29) is 6.61 Å². The molecule has 0 unspecified atom stereocenters. The van der Waals surface area contributed by atoms with Gasteiger partial charge in [-0.15, -0.1) is 0 Å². The first-order valence-electron chi connectivity index (χ1n) is 5.75. The second-order valence-electron chi connectivity index (χ2n) is 3.92. The first-order valence-corrected chi connectivity index (χ1v) is 5.75.